The number of methoxy groups -OCH3 is 2. The molecule has 0 spiro atoms. The maximum absolute atomic E-state index is 6.32. The van der Waals surface area contributed by atoms with Crippen molar-refractivity contribution in [2.24, 2.45) is 0 Å². The SMILES string of the molecule is CCn1ncc(Cl)c1C(NC)c1cccc(OC)c1OC. The summed E-state index contributed by atoms with van der Waals surface area (Å²) in [5, 5.41) is 8.21. The van der Waals surface area contributed by atoms with Gasteiger partial charge in [0, 0.05) is 12.1 Å². The van der Waals surface area contributed by atoms with Gasteiger partial charge in [0.25, 0.3) is 0 Å². The molecule has 6 heteroatoms. The van der Waals surface area contributed by atoms with Crippen molar-refractivity contribution in [1.82, 2.24) is 15.1 Å². The normalized spacial score (nSPS) is 12.2. The number of hydrogen-bond acceptors (Lipinski definition) is 4. The highest BCUT2D eigenvalue weighted by Gasteiger charge is 2.24. The standard InChI is InChI=1S/C15H20ClN3O2/c1-5-19-14(11(16)9-18-19)13(17-2)10-7-6-8-12(20-3)15(10)21-4/h6-9,13,17H,5H2,1-4H3. The molecule has 0 aliphatic rings. The number of aryl methyl sites for hydroxylation is 1. The van der Waals surface area contributed by atoms with E-state index in [0.717, 1.165) is 17.8 Å². The van der Waals surface area contributed by atoms with Crippen molar-refractivity contribution in [3.8, 4) is 11.5 Å². The van der Waals surface area contributed by atoms with E-state index >= 15 is 0 Å². The highest BCUT2D eigenvalue weighted by molar-refractivity contribution is 6.31. The predicted octanol–water partition coefficient (Wildman–Crippen LogP) is 2.88. The van der Waals surface area contributed by atoms with E-state index in [-0.39, 0.29) is 6.04 Å². The first-order chi connectivity index (χ1) is 10.2. The van der Waals surface area contributed by atoms with Crippen LogP contribution in [0.5, 0.6) is 11.5 Å². The minimum absolute atomic E-state index is 0.134. The quantitative estimate of drug-likeness (QED) is 0.891. The summed E-state index contributed by atoms with van der Waals surface area (Å²) in [5.74, 6) is 1.38. The Labute approximate surface area is 129 Å². The van der Waals surface area contributed by atoms with Gasteiger partial charge in [-0.1, -0.05) is 23.7 Å². The fraction of sp³-hybridized carbons (Fsp3) is 0.400. The second-order valence-corrected chi connectivity index (χ2v) is 4.91. The largest absolute Gasteiger partial charge is 0.493 e. The van der Waals surface area contributed by atoms with E-state index in [0.29, 0.717) is 16.5 Å². The second kappa shape index (κ2) is 6.83. The van der Waals surface area contributed by atoms with Crippen LogP contribution < -0.4 is 14.8 Å². The van der Waals surface area contributed by atoms with Crippen LogP contribution in [0.4, 0.5) is 0 Å². The average Bonchev–Trinajstić information content (AvgIpc) is 2.89. The Balaban J connectivity index is 2.59. The van der Waals surface area contributed by atoms with Gasteiger partial charge in [0.2, 0.25) is 0 Å². The van der Waals surface area contributed by atoms with Crippen molar-refractivity contribution >= 4 is 11.6 Å². The van der Waals surface area contributed by atoms with Crippen LogP contribution in [0.25, 0.3) is 0 Å². The van der Waals surface area contributed by atoms with Crippen LogP contribution >= 0.6 is 11.6 Å². The number of benzene rings is 1. The van der Waals surface area contributed by atoms with Crippen molar-refractivity contribution in [2.45, 2.75) is 19.5 Å². The molecule has 21 heavy (non-hydrogen) atoms. The number of ether oxygens (including phenoxy) is 2. The minimum atomic E-state index is -0.134. The van der Waals surface area contributed by atoms with Gasteiger partial charge in [-0.15, -0.1) is 0 Å². The molecular formula is C15H20ClN3O2. The Hall–Kier alpha value is -1.72. The number of nitrogens with zero attached hydrogens (tertiary/aromatic N) is 2. The summed E-state index contributed by atoms with van der Waals surface area (Å²) in [6.07, 6.45) is 1.66. The maximum atomic E-state index is 6.32. The van der Waals surface area contributed by atoms with Crippen LogP contribution in [-0.2, 0) is 6.54 Å². The Morgan fingerprint density at radius 1 is 1.33 bits per heavy atom. The van der Waals surface area contributed by atoms with E-state index in [2.05, 4.69) is 10.4 Å². The molecule has 2 rings (SSSR count). The Kier molecular flexibility index (Phi) is 5.09. The predicted molar refractivity (Wildman–Crippen MR) is 83.4 cm³/mol. The van der Waals surface area contributed by atoms with Gasteiger partial charge < -0.3 is 14.8 Å². The zero-order valence-electron chi connectivity index (χ0n) is 12.7. The van der Waals surface area contributed by atoms with Crippen LogP contribution in [0.1, 0.15) is 24.2 Å². The summed E-state index contributed by atoms with van der Waals surface area (Å²) >= 11 is 6.32. The molecule has 0 saturated carbocycles. The Morgan fingerprint density at radius 2 is 2.10 bits per heavy atom. The molecule has 0 saturated heterocycles. The van der Waals surface area contributed by atoms with Crippen molar-refractivity contribution in [3.63, 3.8) is 0 Å². The highest BCUT2D eigenvalue weighted by Crippen LogP contribution is 2.38. The fourth-order valence-corrected chi connectivity index (χ4v) is 2.74. The molecule has 0 bridgehead atoms. The number of nitrogens with one attached hydrogen (secondary N) is 1. The zero-order valence-corrected chi connectivity index (χ0v) is 13.4. The van der Waals surface area contributed by atoms with Crippen LogP contribution in [0.3, 0.4) is 0 Å². The van der Waals surface area contributed by atoms with Gasteiger partial charge in [0.05, 0.1) is 37.2 Å². The Bertz CT molecular complexity index is 613. The van der Waals surface area contributed by atoms with Crippen molar-refractivity contribution in [2.75, 3.05) is 21.3 Å². The summed E-state index contributed by atoms with van der Waals surface area (Å²) in [4.78, 5) is 0. The van der Waals surface area contributed by atoms with Gasteiger partial charge in [0.15, 0.2) is 11.5 Å². The van der Waals surface area contributed by atoms with E-state index < -0.39 is 0 Å². The fourth-order valence-electron chi connectivity index (χ4n) is 2.49. The van der Waals surface area contributed by atoms with E-state index in [9.17, 15) is 0 Å². The van der Waals surface area contributed by atoms with E-state index in [1.54, 1.807) is 20.4 Å². The molecule has 1 unspecified atom stereocenters. The monoisotopic (exact) mass is 309 g/mol. The molecule has 0 radical (unpaired) electrons. The van der Waals surface area contributed by atoms with Gasteiger partial charge in [0.1, 0.15) is 0 Å². The zero-order chi connectivity index (χ0) is 15.4. The van der Waals surface area contributed by atoms with Crippen molar-refractivity contribution < 1.29 is 9.47 Å². The third-order valence-corrected chi connectivity index (χ3v) is 3.73. The summed E-state index contributed by atoms with van der Waals surface area (Å²) in [7, 11) is 5.14. The lowest BCUT2D eigenvalue weighted by Gasteiger charge is -2.22. The minimum Gasteiger partial charge on any atom is -0.493 e. The lowest BCUT2D eigenvalue weighted by Crippen LogP contribution is -2.22. The summed E-state index contributed by atoms with van der Waals surface area (Å²) in [6, 6.07) is 5.66. The second-order valence-electron chi connectivity index (χ2n) is 4.50. The van der Waals surface area contributed by atoms with Crippen LogP contribution in [-0.4, -0.2) is 31.0 Å². The molecular weight excluding hydrogens is 290 g/mol. The smallest absolute Gasteiger partial charge is 0.165 e. The van der Waals surface area contributed by atoms with Gasteiger partial charge in [-0.25, -0.2) is 0 Å². The first kappa shape index (κ1) is 15.7. The molecule has 1 atom stereocenters. The lowest BCUT2D eigenvalue weighted by molar-refractivity contribution is 0.348. The highest BCUT2D eigenvalue weighted by atomic mass is 35.5. The number of para-hydroxylation sites is 1. The molecule has 114 valence electrons. The first-order valence-electron chi connectivity index (χ1n) is 6.77. The third-order valence-electron chi connectivity index (χ3n) is 3.44. The van der Waals surface area contributed by atoms with E-state index in [4.69, 9.17) is 21.1 Å². The van der Waals surface area contributed by atoms with Crippen molar-refractivity contribution in [1.29, 1.82) is 0 Å². The molecule has 1 N–H and O–H groups in total. The van der Waals surface area contributed by atoms with Crippen molar-refractivity contribution in [3.05, 3.63) is 40.7 Å². The van der Waals surface area contributed by atoms with E-state index in [1.165, 1.54) is 0 Å². The molecule has 1 heterocycles. The summed E-state index contributed by atoms with van der Waals surface area (Å²) < 4.78 is 12.8. The van der Waals surface area contributed by atoms with Crippen LogP contribution in [0, 0.1) is 0 Å². The molecule has 0 fully saturated rings. The lowest BCUT2D eigenvalue weighted by atomic mass is 10.0. The van der Waals surface area contributed by atoms with Gasteiger partial charge >= 0.3 is 0 Å². The molecule has 0 aliphatic heterocycles. The molecule has 2 aromatic rings. The van der Waals surface area contributed by atoms with Gasteiger partial charge in [-0.3, -0.25) is 4.68 Å². The summed E-state index contributed by atoms with van der Waals surface area (Å²) in [6.45, 7) is 2.77. The van der Waals surface area contributed by atoms with E-state index in [1.807, 2.05) is 36.9 Å². The topological polar surface area (TPSA) is 48.3 Å². The average molecular weight is 310 g/mol. The Morgan fingerprint density at radius 3 is 2.67 bits per heavy atom. The van der Waals surface area contributed by atoms with Gasteiger partial charge in [-0.2, -0.15) is 5.10 Å². The molecule has 5 nitrogen and oxygen atoms in total. The molecule has 0 amide bonds. The van der Waals surface area contributed by atoms with Gasteiger partial charge in [-0.05, 0) is 20.0 Å². The third kappa shape index (κ3) is 2.84. The molecule has 0 aliphatic carbocycles. The van der Waals surface area contributed by atoms with Crippen LogP contribution in [0.15, 0.2) is 24.4 Å². The maximum Gasteiger partial charge on any atom is 0.165 e. The number of rotatable bonds is 6. The molecule has 1 aromatic carbocycles. The summed E-state index contributed by atoms with van der Waals surface area (Å²) in [5.41, 5.74) is 1.87. The first-order valence-corrected chi connectivity index (χ1v) is 7.15. The number of halogens is 1. The molecule has 1 aromatic heterocycles. The number of aromatic nitrogens is 2. The number of hydrogen-bond donors (Lipinski definition) is 1. The van der Waals surface area contributed by atoms with Crippen LogP contribution in [0.2, 0.25) is 5.02 Å².